The zero-order chi connectivity index (χ0) is 14.5. The molecule has 6 heteroatoms. The summed E-state index contributed by atoms with van der Waals surface area (Å²) in [5.74, 6) is -0.784. The highest BCUT2D eigenvalue weighted by atomic mass is 16.5. The van der Waals surface area contributed by atoms with Gasteiger partial charge in [0.15, 0.2) is 0 Å². The molecule has 1 fully saturated rings. The second kappa shape index (κ2) is 6.86. The molecule has 0 aromatic rings. The molecule has 1 rings (SSSR count). The number of ether oxygens (including phenoxy) is 1. The second-order valence-electron chi connectivity index (χ2n) is 5.57. The third-order valence-corrected chi connectivity index (χ3v) is 3.67. The molecule has 1 amide bonds. The number of hydrogen-bond acceptors (Lipinski definition) is 4. The first-order chi connectivity index (χ1) is 8.87. The van der Waals surface area contributed by atoms with Crippen molar-refractivity contribution < 1.29 is 19.4 Å². The first-order valence-corrected chi connectivity index (χ1v) is 6.61. The lowest BCUT2D eigenvalue weighted by Crippen LogP contribution is -2.48. The van der Waals surface area contributed by atoms with Crippen LogP contribution in [0.25, 0.3) is 0 Å². The van der Waals surface area contributed by atoms with Gasteiger partial charge in [-0.1, -0.05) is 0 Å². The summed E-state index contributed by atoms with van der Waals surface area (Å²) in [6.07, 6.45) is 1.17. The van der Waals surface area contributed by atoms with E-state index < -0.39 is 11.4 Å². The zero-order valence-electron chi connectivity index (χ0n) is 11.9. The Bertz CT molecular complexity index is 325. The number of hydrogen-bond donors (Lipinski definition) is 2. The maximum atomic E-state index is 11.8. The number of carboxylic acid groups (broad SMARTS) is 1. The topological polar surface area (TPSA) is 78.9 Å². The fourth-order valence-corrected chi connectivity index (χ4v) is 2.23. The van der Waals surface area contributed by atoms with Gasteiger partial charge < -0.3 is 15.2 Å². The summed E-state index contributed by atoms with van der Waals surface area (Å²) in [6.45, 7) is 5.77. The van der Waals surface area contributed by atoms with Gasteiger partial charge in [0.2, 0.25) is 5.91 Å². The first kappa shape index (κ1) is 15.9. The summed E-state index contributed by atoms with van der Waals surface area (Å²) >= 11 is 0. The van der Waals surface area contributed by atoms with Crippen LogP contribution in [0.5, 0.6) is 0 Å². The van der Waals surface area contributed by atoms with E-state index in [1.165, 1.54) is 0 Å². The number of carboxylic acids is 1. The van der Waals surface area contributed by atoms with E-state index in [1.807, 2.05) is 11.8 Å². The van der Waals surface area contributed by atoms with Gasteiger partial charge >= 0.3 is 5.97 Å². The summed E-state index contributed by atoms with van der Waals surface area (Å²) in [5.41, 5.74) is -0.643. The summed E-state index contributed by atoms with van der Waals surface area (Å²) in [4.78, 5) is 24.9. The fourth-order valence-electron chi connectivity index (χ4n) is 2.23. The van der Waals surface area contributed by atoms with Crippen LogP contribution in [0.4, 0.5) is 0 Å². The Morgan fingerprint density at radius 3 is 2.47 bits per heavy atom. The number of nitrogens with zero attached hydrogens (tertiary/aromatic N) is 1. The van der Waals surface area contributed by atoms with Crippen LogP contribution in [0.3, 0.4) is 0 Å². The molecule has 110 valence electrons. The number of nitrogens with one attached hydrogen (secondary N) is 1. The lowest BCUT2D eigenvalue weighted by atomic mass is 9.80. The van der Waals surface area contributed by atoms with Crippen molar-refractivity contribution in [3.05, 3.63) is 0 Å². The van der Waals surface area contributed by atoms with E-state index in [9.17, 15) is 9.59 Å². The molecule has 0 radical (unpaired) electrons. The quantitative estimate of drug-likeness (QED) is 0.728. The van der Waals surface area contributed by atoms with Gasteiger partial charge in [-0.25, -0.2) is 0 Å². The third-order valence-electron chi connectivity index (χ3n) is 3.67. The maximum Gasteiger partial charge on any atom is 0.309 e. The van der Waals surface area contributed by atoms with Gasteiger partial charge in [-0.3, -0.25) is 14.5 Å². The Morgan fingerprint density at radius 2 is 2.00 bits per heavy atom. The zero-order valence-corrected chi connectivity index (χ0v) is 11.9. The Morgan fingerprint density at radius 1 is 1.42 bits per heavy atom. The fraction of sp³-hybridized carbons (Fsp3) is 0.846. The molecule has 0 saturated carbocycles. The van der Waals surface area contributed by atoms with Crippen LogP contribution < -0.4 is 5.32 Å². The normalized spacial score (nSPS) is 20.8. The summed E-state index contributed by atoms with van der Waals surface area (Å²) in [6, 6.07) is -0.00780. The summed E-state index contributed by atoms with van der Waals surface area (Å²) < 4.78 is 4.95. The lowest BCUT2D eigenvalue weighted by Gasteiger charge is -2.36. The number of aliphatic carboxylic acids is 1. The molecule has 1 saturated heterocycles. The van der Waals surface area contributed by atoms with Crippen LogP contribution in [-0.2, 0) is 14.3 Å². The summed E-state index contributed by atoms with van der Waals surface area (Å²) in [5, 5.41) is 12.0. The predicted octanol–water partition coefficient (Wildman–Crippen LogP) is 0.324. The van der Waals surface area contributed by atoms with E-state index in [-0.39, 0.29) is 11.9 Å². The summed E-state index contributed by atoms with van der Waals surface area (Å²) in [7, 11) is 1.60. The number of rotatable bonds is 6. The van der Waals surface area contributed by atoms with Crippen molar-refractivity contribution in [1.82, 2.24) is 10.2 Å². The number of carbonyl (C=O) groups is 2. The Balaban J connectivity index is 2.33. The molecule has 1 unspecified atom stereocenters. The Kier molecular flexibility index (Phi) is 5.75. The average Bonchev–Trinajstić information content (AvgIpc) is 2.32. The first-order valence-electron chi connectivity index (χ1n) is 6.61. The molecular weight excluding hydrogens is 248 g/mol. The molecule has 0 spiro atoms. The van der Waals surface area contributed by atoms with Crippen molar-refractivity contribution >= 4 is 11.9 Å². The number of methoxy groups -OCH3 is 1. The molecule has 0 aromatic carbocycles. The van der Waals surface area contributed by atoms with E-state index in [0.717, 1.165) is 0 Å². The van der Waals surface area contributed by atoms with Crippen LogP contribution in [0.2, 0.25) is 0 Å². The highest BCUT2D eigenvalue weighted by molar-refractivity contribution is 5.78. The van der Waals surface area contributed by atoms with Gasteiger partial charge in [0.25, 0.3) is 0 Å². The number of likely N-dealkylation sites (tertiary alicyclic amines) is 1. The van der Waals surface area contributed by atoms with E-state index in [2.05, 4.69) is 5.32 Å². The van der Waals surface area contributed by atoms with Crippen LogP contribution in [0.1, 0.15) is 26.7 Å². The van der Waals surface area contributed by atoms with Crippen molar-refractivity contribution in [2.75, 3.05) is 33.4 Å². The number of carbonyl (C=O) groups excluding carboxylic acids is 1. The van der Waals surface area contributed by atoms with Gasteiger partial charge in [-0.15, -0.1) is 0 Å². The van der Waals surface area contributed by atoms with Gasteiger partial charge in [-0.05, 0) is 39.8 Å². The van der Waals surface area contributed by atoms with E-state index in [1.54, 1.807) is 14.0 Å². The Hall–Kier alpha value is -1.14. The average molecular weight is 272 g/mol. The molecule has 0 bridgehead atoms. The maximum absolute atomic E-state index is 11.8. The van der Waals surface area contributed by atoms with E-state index in [0.29, 0.717) is 39.1 Å². The molecule has 0 aliphatic carbocycles. The van der Waals surface area contributed by atoms with Gasteiger partial charge in [-0.2, -0.15) is 0 Å². The monoisotopic (exact) mass is 272 g/mol. The number of amides is 1. The molecule has 1 atom stereocenters. The largest absolute Gasteiger partial charge is 0.481 e. The van der Waals surface area contributed by atoms with Gasteiger partial charge in [0.1, 0.15) is 0 Å². The van der Waals surface area contributed by atoms with Crippen molar-refractivity contribution in [3.8, 4) is 0 Å². The molecule has 6 nitrogen and oxygen atoms in total. The SMILES string of the molecule is COCC(C)NC(=O)CN1CCC(C)(C(=O)O)CC1. The van der Waals surface area contributed by atoms with Crippen LogP contribution in [-0.4, -0.2) is 61.3 Å². The van der Waals surface area contributed by atoms with E-state index in [4.69, 9.17) is 9.84 Å². The van der Waals surface area contributed by atoms with Crippen LogP contribution in [0, 0.1) is 5.41 Å². The van der Waals surface area contributed by atoms with Crippen LogP contribution >= 0.6 is 0 Å². The van der Waals surface area contributed by atoms with Gasteiger partial charge in [0.05, 0.1) is 18.6 Å². The van der Waals surface area contributed by atoms with Crippen molar-refractivity contribution in [3.63, 3.8) is 0 Å². The van der Waals surface area contributed by atoms with Crippen molar-refractivity contribution in [2.45, 2.75) is 32.7 Å². The minimum atomic E-state index is -0.745. The molecule has 19 heavy (non-hydrogen) atoms. The lowest BCUT2D eigenvalue weighted by molar-refractivity contribution is -0.150. The highest BCUT2D eigenvalue weighted by Crippen LogP contribution is 2.30. The molecule has 0 aromatic heterocycles. The highest BCUT2D eigenvalue weighted by Gasteiger charge is 2.37. The number of piperidine rings is 1. The minimum absolute atomic E-state index is 0.00780. The molecule has 1 heterocycles. The molecule has 2 N–H and O–H groups in total. The third kappa shape index (κ3) is 4.80. The Labute approximate surface area is 114 Å². The predicted molar refractivity (Wildman–Crippen MR) is 70.9 cm³/mol. The van der Waals surface area contributed by atoms with Crippen molar-refractivity contribution in [1.29, 1.82) is 0 Å². The van der Waals surface area contributed by atoms with Crippen molar-refractivity contribution in [2.24, 2.45) is 5.41 Å². The molecule has 1 aliphatic heterocycles. The van der Waals surface area contributed by atoms with E-state index >= 15 is 0 Å². The molecule has 1 aliphatic rings. The van der Waals surface area contributed by atoms with Gasteiger partial charge in [0, 0.05) is 13.2 Å². The van der Waals surface area contributed by atoms with Crippen LogP contribution in [0.15, 0.2) is 0 Å². The standard InChI is InChI=1S/C13H24N2O4/c1-10(9-19-3)14-11(16)8-15-6-4-13(2,5-7-15)12(17)18/h10H,4-9H2,1-3H3,(H,14,16)(H,17,18). The minimum Gasteiger partial charge on any atom is -0.481 e. The smallest absolute Gasteiger partial charge is 0.309 e. The second-order valence-corrected chi connectivity index (χ2v) is 5.57. The molecular formula is C13H24N2O4.